The predicted octanol–water partition coefficient (Wildman–Crippen LogP) is 2.07. The molecule has 2 rings (SSSR count). The smallest absolute Gasteiger partial charge is 0.384 e. The average molecular weight is 228 g/mol. The Bertz CT molecular complexity index is 490. The molecule has 7 heteroatoms. The molecule has 3 N–H and O–H groups in total. The maximum absolute atomic E-state index is 12.4. The van der Waals surface area contributed by atoms with E-state index in [9.17, 15) is 13.2 Å². The largest absolute Gasteiger partial charge is 0.451 e. The van der Waals surface area contributed by atoms with Crippen molar-refractivity contribution in [2.24, 2.45) is 0 Å². The van der Waals surface area contributed by atoms with E-state index < -0.39 is 12.0 Å². The van der Waals surface area contributed by atoms with Gasteiger partial charge in [0.05, 0.1) is 11.4 Å². The Labute approximate surface area is 88.3 Å². The van der Waals surface area contributed by atoms with Gasteiger partial charge in [0.25, 0.3) is 0 Å². The highest BCUT2D eigenvalue weighted by atomic mass is 19.4. The number of nitrogen functional groups attached to an aromatic ring is 1. The summed E-state index contributed by atoms with van der Waals surface area (Å²) in [6, 6.07) is 4.53. The van der Waals surface area contributed by atoms with Gasteiger partial charge < -0.3 is 10.7 Å². The van der Waals surface area contributed by atoms with E-state index in [2.05, 4.69) is 15.0 Å². The fraction of sp³-hybridized carbons (Fsp3) is 0.111. The highest BCUT2D eigenvalue weighted by Gasteiger charge is 2.35. The van der Waals surface area contributed by atoms with Crippen LogP contribution < -0.4 is 5.73 Å². The lowest BCUT2D eigenvalue weighted by atomic mass is 10.3. The lowest BCUT2D eigenvalue weighted by Gasteiger charge is -2.07. The third-order valence-electron chi connectivity index (χ3n) is 1.87. The SMILES string of the molecule is Nc1cc(-c2ccc[nH]2)nc(C(F)(F)F)n1. The van der Waals surface area contributed by atoms with Crippen molar-refractivity contribution in [2.75, 3.05) is 5.73 Å². The molecule has 0 fully saturated rings. The second kappa shape index (κ2) is 3.51. The Hall–Kier alpha value is -2.05. The normalized spacial score (nSPS) is 11.7. The van der Waals surface area contributed by atoms with Crippen LogP contribution in [-0.2, 0) is 6.18 Å². The predicted molar refractivity (Wildman–Crippen MR) is 51.2 cm³/mol. The molecule has 4 nitrogen and oxygen atoms in total. The number of nitrogens with one attached hydrogen (secondary N) is 1. The average Bonchev–Trinajstić information content (AvgIpc) is 2.68. The summed E-state index contributed by atoms with van der Waals surface area (Å²) < 4.78 is 37.2. The van der Waals surface area contributed by atoms with E-state index in [0.29, 0.717) is 5.69 Å². The molecule has 2 aromatic heterocycles. The molecule has 16 heavy (non-hydrogen) atoms. The Kier molecular flexibility index (Phi) is 2.30. The number of anilines is 1. The Morgan fingerprint density at radius 1 is 1.25 bits per heavy atom. The zero-order chi connectivity index (χ0) is 11.8. The molecular weight excluding hydrogens is 221 g/mol. The molecule has 0 aliphatic carbocycles. The first kappa shape index (κ1) is 10.5. The minimum absolute atomic E-state index is 0.116. The quantitative estimate of drug-likeness (QED) is 0.785. The van der Waals surface area contributed by atoms with Gasteiger partial charge in [-0.15, -0.1) is 0 Å². The van der Waals surface area contributed by atoms with E-state index in [1.165, 1.54) is 6.07 Å². The van der Waals surface area contributed by atoms with Crippen LogP contribution in [0.5, 0.6) is 0 Å². The second-order valence-electron chi connectivity index (χ2n) is 3.08. The monoisotopic (exact) mass is 228 g/mol. The first-order valence-corrected chi connectivity index (χ1v) is 4.32. The summed E-state index contributed by atoms with van der Waals surface area (Å²) in [7, 11) is 0. The maximum Gasteiger partial charge on any atom is 0.451 e. The summed E-state index contributed by atoms with van der Waals surface area (Å²) in [5, 5.41) is 0. The number of aromatic nitrogens is 3. The zero-order valence-electron chi connectivity index (χ0n) is 7.92. The minimum Gasteiger partial charge on any atom is -0.384 e. The fourth-order valence-corrected chi connectivity index (χ4v) is 1.22. The summed E-state index contributed by atoms with van der Waals surface area (Å²) in [4.78, 5) is 9.29. The minimum atomic E-state index is -4.60. The van der Waals surface area contributed by atoms with Crippen LogP contribution in [0.25, 0.3) is 11.4 Å². The van der Waals surface area contributed by atoms with Crippen LogP contribution in [0.2, 0.25) is 0 Å². The standard InChI is InChI=1S/C9H7F3N4/c10-9(11,12)8-15-6(4-7(13)16-8)5-2-1-3-14-5/h1-4,14H,(H2,13,15,16). The summed E-state index contributed by atoms with van der Waals surface area (Å²) in [5.41, 5.74) is 5.87. The number of H-pyrrole nitrogens is 1. The fourth-order valence-electron chi connectivity index (χ4n) is 1.22. The number of nitrogens with two attached hydrogens (primary N) is 1. The van der Waals surface area contributed by atoms with Crippen molar-refractivity contribution in [3.8, 4) is 11.4 Å². The molecule has 0 aliphatic rings. The third-order valence-corrected chi connectivity index (χ3v) is 1.87. The van der Waals surface area contributed by atoms with Crippen LogP contribution >= 0.6 is 0 Å². The molecule has 0 spiro atoms. The number of nitrogens with zero attached hydrogens (tertiary/aromatic N) is 2. The topological polar surface area (TPSA) is 67.6 Å². The molecule has 0 atom stereocenters. The van der Waals surface area contributed by atoms with E-state index in [1.807, 2.05) is 0 Å². The van der Waals surface area contributed by atoms with Gasteiger partial charge in [-0.05, 0) is 12.1 Å². The Morgan fingerprint density at radius 3 is 2.56 bits per heavy atom. The van der Waals surface area contributed by atoms with E-state index in [1.54, 1.807) is 18.3 Å². The summed E-state index contributed by atoms with van der Waals surface area (Å²) in [6.45, 7) is 0. The van der Waals surface area contributed by atoms with Crippen molar-refractivity contribution < 1.29 is 13.2 Å². The van der Waals surface area contributed by atoms with Gasteiger partial charge in [0.2, 0.25) is 5.82 Å². The van der Waals surface area contributed by atoms with Gasteiger partial charge in [0, 0.05) is 12.3 Å². The van der Waals surface area contributed by atoms with Crippen molar-refractivity contribution in [3.63, 3.8) is 0 Å². The van der Waals surface area contributed by atoms with Crippen molar-refractivity contribution in [2.45, 2.75) is 6.18 Å². The lowest BCUT2D eigenvalue weighted by molar-refractivity contribution is -0.144. The van der Waals surface area contributed by atoms with Crippen LogP contribution in [0.3, 0.4) is 0 Å². The number of aromatic amines is 1. The number of halogens is 3. The number of alkyl halides is 3. The molecule has 0 aromatic carbocycles. The van der Waals surface area contributed by atoms with Crippen LogP contribution in [-0.4, -0.2) is 15.0 Å². The van der Waals surface area contributed by atoms with Crippen LogP contribution in [0, 0.1) is 0 Å². The molecule has 0 saturated carbocycles. The molecule has 2 aromatic rings. The van der Waals surface area contributed by atoms with Crippen molar-refractivity contribution >= 4 is 5.82 Å². The molecule has 0 saturated heterocycles. The van der Waals surface area contributed by atoms with Crippen LogP contribution in [0.15, 0.2) is 24.4 Å². The van der Waals surface area contributed by atoms with Gasteiger partial charge in [-0.2, -0.15) is 13.2 Å². The van der Waals surface area contributed by atoms with Crippen LogP contribution in [0.4, 0.5) is 19.0 Å². The van der Waals surface area contributed by atoms with E-state index >= 15 is 0 Å². The number of rotatable bonds is 1. The lowest BCUT2D eigenvalue weighted by Crippen LogP contribution is -2.13. The van der Waals surface area contributed by atoms with E-state index in [4.69, 9.17) is 5.73 Å². The summed E-state index contributed by atoms with van der Waals surface area (Å²) >= 11 is 0. The van der Waals surface area contributed by atoms with Gasteiger partial charge in [0.1, 0.15) is 5.82 Å². The van der Waals surface area contributed by atoms with Crippen molar-refractivity contribution in [1.82, 2.24) is 15.0 Å². The first-order valence-electron chi connectivity index (χ1n) is 4.32. The molecular formula is C9H7F3N4. The summed E-state index contributed by atoms with van der Waals surface area (Å²) in [6.07, 6.45) is -3.02. The van der Waals surface area contributed by atoms with E-state index in [-0.39, 0.29) is 11.5 Å². The Morgan fingerprint density at radius 2 is 2.00 bits per heavy atom. The Balaban J connectivity index is 2.53. The molecule has 0 bridgehead atoms. The zero-order valence-corrected chi connectivity index (χ0v) is 7.92. The van der Waals surface area contributed by atoms with Crippen LogP contribution in [0.1, 0.15) is 5.82 Å². The van der Waals surface area contributed by atoms with Crippen molar-refractivity contribution in [3.05, 3.63) is 30.2 Å². The number of hydrogen-bond acceptors (Lipinski definition) is 3. The van der Waals surface area contributed by atoms with Gasteiger partial charge in [-0.3, -0.25) is 0 Å². The maximum atomic E-state index is 12.4. The van der Waals surface area contributed by atoms with Gasteiger partial charge in [-0.1, -0.05) is 0 Å². The van der Waals surface area contributed by atoms with Gasteiger partial charge in [0.15, 0.2) is 0 Å². The molecule has 2 heterocycles. The molecule has 0 amide bonds. The highest BCUT2D eigenvalue weighted by Crippen LogP contribution is 2.28. The van der Waals surface area contributed by atoms with Gasteiger partial charge >= 0.3 is 6.18 Å². The molecule has 0 unspecified atom stereocenters. The first-order chi connectivity index (χ1) is 7.47. The number of hydrogen-bond donors (Lipinski definition) is 2. The molecule has 0 aliphatic heterocycles. The molecule has 0 radical (unpaired) electrons. The molecule has 84 valence electrons. The summed E-state index contributed by atoms with van der Waals surface area (Å²) in [5.74, 6) is -1.45. The highest BCUT2D eigenvalue weighted by molar-refractivity contribution is 5.57. The van der Waals surface area contributed by atoms with E-state index in [0.717, 1.165) is 0 Å². The van der Waals surface area contributed by atoms with Gasteiger partial charge in [-0.25, -0.2) is 9.97 Å². The third kappa shape index (κ3) is 1.97. The second-order valence-corrected chi connectivity index (χ2v) is 3.08. The van der Waals surface area contributed by atoms with Crippen molar-refractivity contribution in [1.29, 1.82) is 0 Å².